The second-order valence-corrected chi connectivity index (χ2v) is 9.55. The molecule has 196 valence electrons. The van der Waals surface area contributed by atoms with E-state index in [-0.39, 0.29) is 24.2 Å². The Hall–Kier alpha value is -4.71. The smallest absolute Gasteiger partial charge is 0.358 e. The summed E-state index contributed by atoms with van der Waals surface area (Å²) in [6, 6.07) is 33.6. The van der Waals surface area contributed by atoms with Crippen molar-refractivity contribution in [2.45, 2.75) is 32.7 Å². The maximum Gasteiger partial charge on any atom is 0.358 e. The van der Waals surface area contributed by atoms with Gasteiger partial charge in [0.15, 0.2) is 5.69 Å². The van der Waals surface area contributed by atoms with E-state index in [2.05, 4.69) is 46.8 Å². The van der Waals surface area contributed by atoms with Crippen molar-refractivity contribution < 1.29 is 14.3 Å². The molecule has 1 aromatic heterocycles. The van der Waals surface area contributed by atoms with Crippen LogP contribution in [0.4, 0.5) is 0 Å². The number of carbonyl (C=O) groups excluding carboxylic acids is 2. The number of nitrogens with zero attached hydrogens (tertiary/aromatic N) is 2. The predicted molar refractivity (Wildman–Crippen MR) is 154 cm³/mol. The molecule has 0 spiro atoms. The number of hydrogen-bond donors (Lipinski definition) is 1. The van der Waals surface area contributed by atoms with Gasteiger partial charge in [0.2, 0.25) is 0 Å². The van der Waals surface area contributed by atoms with E-state index in [9.17, 15) is 9.59 Å². The van der Waals surface area contributed by atoms with Crippen LogP contribution < -0.4 is 5.32 Å². The number of carbonyl (C=O) groups is 2. The fourth-order valence-corrected chi connectivity index (χ4v) is 4.60. The van der Waals surface area contributed by atoms with E-state index in [1.54, 1.807) is 29.8 Å². The van der Waals surface area contributed by atoms with Gasteiger partial charge >= 0.3 is 5.97 Å². The molecule has 0 unspecified atom stereocenters. The van der Waals surface area contributed by atoms with Gasteiger partial charge in [-0.05, 0) is 79.4 Å². The molecule has 0 bridgehead atoms. The first-order valence-electron chi connectivity index (χ1n) is 13.2. The molecular weight excluding hydrogens is 486 g/mol. The number of aromatic nitrogens is 2. The third-order valence-electron chi connectivity index (χ3n) is 6.70. The molecule has 0 aliphatic carbocycles. The molecular formula is C33H31N3O3. The van der Waals surface area contributed by atoms with Crippen LogP contribution in [0.25, 0.3) is 27.7 Å². The van der Waals surface area contributed by atoms with Gasteiger partial charge in [-0.1, -0.05) is 66.7 Å². The second kappa shape index (κ2) is 11.8. The monoisotopic (exact) mass is 517 g/mol. The summed E-state index contributed by atoms with van der Waals surface area (Å²) in [5, 5.41) is 9.89. The summed E-state index contributed by atoms with van der Waals surface area (Å²) in [5.41, 5.74) is 4.47. The van der Waals surface area contributed by atoms with Crippen molar-refractivity contribution in [3.8, 4) is 16.9 Å². The third-order valence-corrected chi connectivity index (χ3v) is 6.70. The molecule has 0 aliphatic heterocycles. The topological polar surface area (TPSA) is 73.2 Å². The highest BCUT2D eigenvalue weighted by Gasteiger charge is 2.18. The van der Waals surface area contributed by atoms with Gasteiger partial charge in [-0.15, -0.1) is 0 Å². The highest BCUT2D eigenvalue weighted by Crippen LogP contribution is 2.28. The van der Waals surface area contributed by atoms with Crippen molar-refractivity contribution >= 4 is 22.6 Å². The minimum Gasteiger partial charge on any atom is -0.461 e. The van der Waals surface area contributed by atoms with Crippen LogP contribution in [0, 0.1) is 0 Å². The van der Waals surface area contributed by atoms with Crippen LogP contribution in [-0.4, -0.2) is 34.3 Å². The summed E-state index contributed by atoms with van der Waals surface area (Å²) < 4.78 is 6.93. The summed E-state index contributed by atoms with van der Waals surface area (Å²) in [5.74, 6) is -0.594. The van der Waals surface area contributed by atoms with Crippen LogP contribution in [-0.2, 0) is 11.2 Å². The highest BCUT2D eigenvalue weighted by atomic mass is 16.5. The Morgan fingerprint density at radius 2 is 1.59 bits per heavy atom. The Balaban J connectivity index is 1.37. The first-order valence-corrected chi connectivity index (χ1v) is 13.2. The van der Waals surface area contributed by atoms with E-state index in [0.717, 1.165) is 40.6 Å². The lowest BCUT2D eigenvalue weighted by Gasteiger charge is -2.14. The summed E-state index contributed by atoms with van der Waals surface area (Å²) in [7, 11) is 0. The molecule has 1 atom stereocenters. The number of aryl methyl sites for hydroxylation is 1. The molecule has 1 N–H and O–H groups in total. The average Bonchev–Trinajstić information content (AvgIpc) is 3.42. The fourth-order valence-electron chi connectivity index (χ4n) is 4.60. The number of esters is 1. The van der Waals surface area contributed by atoms with Crippen LogP contribution in [0.2, 0.25) is 0 Å². The summed E-state index contributed by atoms with van der Waals surface area (Å²) in [6.45, 7) is 4.06. The van der Waals surface area contributed by atoms with Gasteiger partial charge in [0.25, 0.3) is 5.91 Å². The highest BCUT2D eigenvalue weighted by molar-refractivity contribution is 5.95. The first kappa shape index (κ1) is 25.9. The Morgan fingerprint density at radius 3 is 2.33 bits per heavy atom. The number of fused-ring (bicyclic) bond motifs is 1. The van der Waals surface area contributed by atoms with Gasteiger partial charge < -0.3 is 10.1 Å². The molecule has 39 heavy (non-hydrogen) atoms. The lowest BCUT2D eigenvalue weighted by molar-refractivity contribution is 0.0518. The fraction of sp³-hybridized carbons (Fsp3) is 0.182. The lowest BCUT2D eigenvalue weighted by atomic mass is 10.0. The Kier molecular flexibility index (Phi) is 7.83. The summed E-state index contributed by atoms with van der Waals surface area (Å²) in [6.07, 6.45) is 1.76. The van der Waals surface area contributed by atoms with Gasteiger partial charge in [0.1, 0.15) is 0 Å². The first-order chi connectivity index (χ1) is 19.0. The van der Waals surface area contributed by atoms with Gasteiger partial charge in [0.05, 0.1) is 18.0 Å². The van der Waals surface area contributed by atoms with Crippen LogP contribution in [0.3, 0.4) is 0 Å². The average molecular weight is 518 g/mol. The predicted octanol–water partition coefficient (Wildman–Crippen LogP) is 6.62. The number of rotatable bonds is 9. The third kappa shape index (κ3) is 6.07. The molecule has 0 aliphatic rings. The largest absolute Gasteiger partial charge is 0.461 e. The Labute approximate surface area is 228 Å². The maximum atomic E-state index is 12.9. The van der Waals surface area contributed by atoms with Crippen molar-refractivity contribution in [3.63, 3.8) is 0 Å². The van der Waals surface area contributed by atoms with E-state index in [0.29, 0.717) is 5.56 Å². The van der Waals surface area contributed by atoms with Crippen molar-refractivity contribution in [2.24, 2.45) is 0 Å². The normalized spacial score (nSPS) is 11.7. The second-order valence-electron chi connectivity index (χ2n) is 9.55. The van der Waals surface area contributed by atoms with Crippen LogP contribution in [0.15, 0.2) is 103 Å². The van der Waals surface area contributed by atoms with E-state index in [4.69, 9.17) is 4.74 Å². The molecule has 0 saturated carbocycles. The van der Waals surface area contributed by atoms with E-state index < -0.39 is 5.97 Å². The molecule has 0 saturated heterocycles. The number of nitrogens with one attached hydrogen (secondary N) is 1. The molecule has 1 heterocycles. The minimum atomic E-state index is -0.473. The molecule has 4 aromatic carbocycles. The molecule has 5 aromatic rings. The minimum absolute atomic E-state index is 0.0372. The van der Waals surface area contributed by atoms with E-state index in [1.807, 2.05) is 55.5 Å². The van der Waals surface area contributed by atoms with E-state index in [1.165, 1.54) is 5.56 Å². The molecule has 6 heteroatoms. The van der Waals surface area contributed by atoms with Crippen LogP contribution in [0.1, 0.15) is 46.7 Å². The van der Waals surface area contributed by atoms with Gasteiger partial charge in [-0.3, -0.25) is 4.79 Å². The zero-order valence-electron chi connectivity index (χ0n) is 22.1. The van der Waals surface area contributed by atoms with Crippen molar-refractivity contribution in [1.29, 1.82) is 0 Å². The van der Waals surface area contributed by atoms with Gasteiger partial charge in [-0.25, -0.2) is 9.48 Å². The quantitative estimate of drug-likeness (QED) is 0.223. The molecule has 0 radical (unpaired) electrons. The van der Waals surface area contributed by atoms with Crippen LogP contribution >= 0.6 is 0 Å². The molecule has 0 fully saturated rings. The Morgan fingerprint density at radius 1 is 0.872 bits per heavy atom. The Bertz CT molecular complexity index is 1590. The summed E-state index contributed by atoms with van der Waals surface area (Å²) in [4.78, 5) is 25.4. The number of hydrogen-bond acceptors (Lipinski definition) is 4. The summed E-state index contributed by atoms with van der Waals surface area (Å²) >= 11 is 0. The molecule has 5 rings (SSSR count). The zero-order chi connectivity index (χ0) is 27.2. The van der Waals surface area contributed by atoms with Crippen molar-refractivity contribution in [3.05, 3.63) is 120 Å². The zero-order valence-corrected chi connectivity index (χ0v) is 22.1. The maximum absolute atomic E-state index is 12.9. The van der Waals surface area contributed by atoms with Crippen LogP contribution in [0.5, 0.6) is 0 Å². The number of benzene rings is 4. The van der Waals surface area contributed by atoms with E-state index >= 15 is 0 Å². The standard InChI is InChI=1S/C33H31N3O3/c1-3-39-33(38)30-22-31(28-16-15-25-11-7-8-12-27(25)21-28)36(35-30)29-19-17-26(18-20-29)32(37)34-23(2)13-14-24-9-5-4-6-10-24/h4-12,15-23H,3,13-14H2,1-2H3,(H,34,37)/t23-/m0/s1. The number of ether oxygens (including phenoxy) is 1. The molecule has 1 amide bonds. The lowest BCUT2D eigenvalue weighted by Crippen LogP contribution is -2.32. The van der Waals surface area contributed by atoms with Gasteiger partial charge in [-0.2, -0.15) is 5.10 Å². The van der Waals surface area contributed by atoms with Crippen molar-refractivity contribution in [2.75, 3.05) is 6.61 Å². The van der Waals surface area contributed by atoms with Gasteiger partial charge in [0, 0.05) is 17.2 Å². The number of amides is 1. The SMILES string of the molecule is CCOC(=O)c1cc(-c2ccc3ccccc3c2)n(-c2ccc(C(=O)N[C@@H](C)CCc3ccccc3)cc2)n1. The molecule has 6 nitrogen and oxygen atoms in total. The van der Waals surface area contributed by atoms with Crippen molar-refractivity contribution in [1.82, 2.24) is 15.1 Å².